The predicted octanol–water partition coefficient (Wildman–Crippen LogP) is 5.36. The summed E-state index contributed by atoms with van der Waals surface area (Å²) in [6, 6.07) is 9.72. The third kappa shape index (κ3) is 6.97. The molecule has 0 unspecified atom stereocenters. The summed E-state index contributed by atoms with van der Waals surface area (Å²) in [6.07, 6.45) is -4.63. The van der Waals surface area contributed by atoms with Gasteiger partial charge in [0.1, 0.15) is 0 Å². The summed E-state index contributed by atoms with van der Waals surface area (Å²) < 4.78 is 38.6. The second kappa shape index (κ2) is 10.3. The lowest BCUT2D eigenvalue weighted by atomic mass is 10.2. The Labute approximate surface area is 184 Å². The van der Waals surface area contributed by atoms with Crippen molar-refractivity contribution in [3.05, 3.63) is 58.1 Å². The topological polar surface area (TPSA) is 92.1 Å². The van der Waals surface area contributed by atoms with E-state index in [9.17, 15) is 22.8 Å². The molecule has 0 aliphatic carbocycles. The van der Waals surface area contributed by atoms with E-state index in [1.807, 2.05) is 0 Å². The maximum absolute atomic E-state index is 12.9. The first-order valence-corrected chi connectivity index (χ1v) is 9.23. The zero-order valence-electron chi connectivity index (χ0n) is 16.1. The van der Waals surface area contributed by atoms with Crippen molar-refractivity contribution in [3.8, 4) is 0 Å². The average Bonchev–Trinajstić information content (AvgIpc) is 2.67. The lowest BCUT2D eigenvalue weighted by Crippen LogP contribution is -2.29. The van der Waals surface area contributed by atoms with Crippen LogP contribution in [0, 0.1) is 0 Å². The number of para-hydroxylation sites is 1. The van der Waals surface area contributed by atoms with Crippen LogP contribution in [0.1, 0.15) is 19.4 Å². The molecular weight excluding hydrogens is 460 g/mol. The molecule has 0 aliphatic rings. The number of hydrogen-bond donors (Lipinski definition) is 2. The molecular formula is C19H15Cl2F3N4O3. The molecule has 0 atom stereocenters. The van der Waals surface area contributed by atoms with Crippen LogP contribution in [0.15, 0.2) is 52.7 Å². The highest BCUT2D eigenvalue weighted by molar-refractivity contribution is 6.68. The molecule has 2 aromatic carbocycles. The summed E-state index contributed by atoms with van der Waals surface area (Å²) in [5.74, 6) is -1.53. The number of hydrogen-bond acceptors (Lipinski definition) is 6. The predicted molar refractivity (Wildman–Crippen MR) is 112 cm³/mol. The van der Waals surface area contributed by atoms with Crippen LogP contribution in [-0.2, 0) is 20.6 Å². The Hall–Kier alpha value is -3.11. The average molecular weight is 475 g/mol. The van der Waals surface area contributed by atoms with E-state index in [4.69, 9.17) is 23.2 Å². The first kappa shape index (κ1) is 24.2. The third-order valence-electron chi connectivity index (χ3n) is 3.56. The molecule has 0 bridgehead atoms. The summed E-state index contributed by atoms with van der Waals surface area (Å²) >= 11 is 11.8. The van der Waals surface area contributed by atoms with Crippen molar-refractivity contribution in [2.45, 2.75) is 20.0 Å². The number of hydrazone groups is 1. The molecule has 12 heteroatoms. The highest BCUT2D eigenvalue weighted by atomic mass is 35.5. The van der Waals surface area contributed by atoms with Crippen molar-refractivity contribution < 1.29 is 27.6 Å². The van der Waals surface area contributed by atoms with Gasteiger partial charge in [-0.15, -0.1) is 0 Å². The van der Waals surface area contributed by atoms with Crippen molar-refractivity contribution in [1.29, 1.82) is 0 Å². The van der Waals surface area contributed by atoms with Gasteiger partial charge in [0.05, 0.1) is 27.0 Å². The van der Waals surface area contributed by atoms with E-state index in [0.717, 1.165) is 6.92 Å². The smallest absolute Gasteiger partial charge is 0.320 e. The summed E-state index contributed by atoms with van der Waals surface area (Å²) in [5.41, 5.74) is 1.25. The van der Waals surface area contributed by atoms with E-state index >= 15 is 0 Å². The molecule has 2 rings (SSSR count). The molecule has 164 valence electrons. The van der Waals surface area contributed by atoms with Crippen LogP contribution in [0.25, 0.3) is 0 Å². The number of carbonyl (C=O) groups excluding carboxylic acids is 2. The number of alkyl halides is 3. The largest absolute Gasteiger partial charge is 0.416 e. The first-order chi connectivity index (χ1) is 14.5. The zero-order valence-corrected chi connectivity index (χ0v) is 17.6. The van der Waals surface area contributed by atoms with E-state index in [2.05, 4.69) is 25.8 Å². The fraction of sp³-hybridized carbons (Fsp3) is 0.158. The number of oxime groups is 1. The number of benzene rings is 2. The molecule has 31 heavy (non-hydrogen) atoms. The fourth-order valence-corrected chi connectivity index (χ4v) is 2.70. The maximum Gasteiger partial charge on any atom is 0.416 e. The Kier molecular flexibility index (Phi) is 8.01. The van der Waals surface area contributed by atoms with Crippen LogP contribution in [0.4, 0.5) is 24.5 Å². The van der Waals surface area contributed by atoms with Crippen molar-refractivity contribution in [1.82, 2.24) is 0 Å². The summed E-state index contributed by atoms with van der Waals surface area (Å²) in [7, 11) is 0. The van der Waals surface area contributed by atoms with Crippen molar-refractivity contribution >= 4 is 57.9 Å². The van der Waals surface area contributed by atoms with Crippen LogP contribution in [0.3, 0.4) is 0 Å². The van der Waals surface area contributed by atoms with Crippen molar-refractivity contribution in [2.24, 2.45) is 10.3 Å². The van der Waals surface area contributed by atoms with Gasteiger partial charge in [-0.05, 0) is 31.2 Å². The van der Waals surface area contributed by atoms with Crippen molar-refractivity contribution in [3.63, 3.8) is 0 Å². The van der Waals surface area contributed by atoms with E-state index in [-0.39, 0.29) is 27.2 Å². The molecule has 0 saturated heterocycles. The number of halogens is 5. The van der Waals surface area contributed by atoms with Gasteiger partial charge in [-0.25, -0.2) is 4.79 Å². The second-order valence-corrected chi connectivity index (χ2v) is 6.78. The molecule has 0 saturated carbocycles. The Balaban J connectivity index is 2.30. The second-order valence-electron chi connectivity index (χ2n) is 5.96. The molecule has 1 amide bonds. The van der Waals surface area contributed by atoms with Gasteiger partial charge in [-0.1, -0.05) is 46.6 Å². The van der Waals surface area contributed by atoms with Crippen LogP contribution < -0.4 is 10.7 Å². The van der Waals surface area contributed by atoms with Gasteiger partial charge < -0.3 is 10.2 Å². The Morgan fingerprint density at radius 3 is 2.13 bits per heavy atom. The van der Waals surface area contributed by atoms with Gasteiger partial charge in [-0.3, -0.25) is 10.2 Å². The van der Waals surface area contributed by atoms with Crippen LogP contribution in [-0.4, -0.2) is 23.3 Å². The molecule has 0 heterocycles. The number of amides is 1. The Morgan fingerprint density at radius 2 is 1.61 bits per heavy atom. The molecule has 0 fully saturated rings. The van der Waals surface area contributed by atoms with Gasteiger partial charge in [-0.2, -0.15) is 18.3 Å². The molecule has 0 aliphatic heterocycles. The Bertz CT molecular complexity index is 1020. The zero-order chi connectivity index (χ0) is 23.2. The van der Waals surface area contributed by atoms with Crippen LogP contribution >= 0.6 is 23.2 Å². The van der Waals surface area contributed by atoms with Crippen LogP contribution in [0.2, 0.25) is 10.0 Å². The summed E-state index contributed by atoms with van der Waals surface area (Å²) in [6.45, 7) is 2.44. The number of nitrogens with one attached hydrogen (secondary N) is 2. The quantitative estimate of drug-likeness (QED) is 0.335. The normalized spacial score (nSPS) is 12.4. The lowest BCUT2D eigenvalue weighted by molar-refractivity contribution is -0.141. The van der Waals surface area contributed by atoms with Gasteiger partial charge in [0, 0.05) is 12.6 Å². The number of nitrogens with zero attached hydrogens (tertiary/aromatic N) is 2. The molecule has 0 aromatic heterocycles. The van der Waals surface area contributed by atoms with Gasteiger partial charge in [0.15, 0.2) is 5.71 Å². The fourth-order valence-electron chi connectivity index (χ4n) is 2.13. The minimum absolute atomic E-state index is 0.0679. The van der Waals surface area contributed by atoms with Gasteiger partial charge in [0.25, 0.3) is 5.91 Å². The third-order valence-corrected chi connectivity index (χ3v) is 4.16. The highest BCUT2D eigenvalue weighted by Gasteiger charge is 2.32. The molecule has 0 spiro atoms. The standard InChI is InChI=1S/C19H15Cl2F3N4O3/c1-10(26-27-17-14(20)8-12(9-15(17)21)19(22,23)24)16(28-31-11(2)29)18(30)25-13-6-4-3-5-7-13/h3-9,27H,1-2H3,(H,25,30). The maximum atomic E-state index is 12.9. The molecule has 7 nitrogen and oxygen atoms in total. The number of carbonyl (C=O) groups is 2. The van der Waals surface area contributed by atoms with E-state index < -0.39 is 23.6 Å². The van der Waals surface area contributed by atoms with E-state index in [1.165, 1.54) is 6.92 Å². The minimum atomic E-state index is -4.63. The van der Waals surface area contributed by atoms with E-state index in [1.54, 1.807) is 30.3 Å². The molecule has 2 N–H and O–H groups in total. The first-order valence-electron chi connectivity index (χ1n) is 8.48. The minimum Gasteiger partial charge on any atom is -0.320 e. The SMILES string of the molecule is CC(=O)ON=C(C(=O)Nc1ccccc1)C(C)=NNc1c(Cl)cc(C(F)(F)F)cc1Cl. The number of anilines is 2. The highest BCUT2D eigenvalue weighted by Crippen LogP contribution is 2.38. The van der Waals surface area contributed by atoms with Gasteiger partial charge >= 0.3 is 12.1 Å². The van der Waals surface area contributed by atoms with Crippen LogP contribution in [0.5, 0.6) is 0 Å². The van der Waals surface area contributed by atoms with Crippen molar-refractivity contribution in [2.75, 3.05) is 10.7 Å². The number of rotatable bonds is 6. The molecule has 2 aromatic rings. The summed E-state index contributed by atoms with van der Waals surface area (Å²) in [5, 5.41) is 9.23. The summed E-state index contributed by atoms with van der Waals surface area (Å²) in [4.78, 5) is 28.2. The van der Waals surface area contributed by atoms with E-state index in [0.29, 0.717) is 17.8 Å². The van der Waals surface area contributed by atoms with Gasteiger partial charge in [0.2, 0.25) is 0 Å². The monoisotopic (exact) mass is 474 g/mol. The Morgan fingerprint density at radius 1 is 1.03 bits per heavy atom. The lowest BCUT2D eigenvalue weighted by Gasteiger charge is -2.12. The molecule has 0 radical (unpaired) electrons.